The fourth-order valence-electron chi connectivity index (χ4n) is 1.50. The Morgan fingerprint density at radius 2 is 1.86 bits per heavy atom. The monoisotopic (exact) mass is 308 g/mol. The number of benzene rings is 1. The first-order valence-electron chi connectivity index (χ1n) is 6.94. The van der Waals surface area contributed by atoms with Crippen LogP contribution in [0.4, 0.5) is 4.79 Å². The summed E-state index contributed by atoms with van der Waals surface area (Å²) in [5.41, 5.74) is 0.651. The van der Waals surface area contributed by atoms with Crippen LogP contribution in [-0.2, 0) is 20.7 Å². The number of hydrogen-bond donors (Lipinski definition) is 3. The molecule has 3 amide bonds. The van der Waals surface area contributed by atoms with E-state index < -0.39 is 24.5 Å². The quantitative estimate of drug-likeness (QED) is 0.683. The molecule has 1 rings (SSSR count). The van der Waals surface area contributed by atoms with Crippen LogP contribution in [0.2, 0.25) is 0 Å². The van der Waals surface area contributed by atoms with Crippen LogP contribution in [0.3, 0.4) is 0 Å². The number of hydrogen-bond acceptors (Lipinski definition) is 5. The van der Waals surface area contributed by atoms with Gasteiger partial charge in [-0.25, -0.2) is 4.79 Å². The zero-order valence-electron chi connectivity index (χ0n) is 12.6. The molecule has 0 fully saturated rings. The molecule has 22 heavy (non-hydrogen) atoms. The van der Waals surface area contributed by atoms with E-state index >= 15 is 0 Å². The number of urea groups is 1. The minimum Gasteiger partial charge on any atom is -0.508 e. The molecule has 0 heterocycles. The van der Waals surface area contributed by atoms with Crippen LogP contribution in [0.1, 0.15) is 25.8 Å². The van der Waals surface area contributed by atoms with Gasteiger partial charge in [0.15, 0.2) is 6.61 Å². The van der Waals surface area contributed by atoms with Crippen molar-refractivity contribution < 1.29 is 24.2 Å². The van der Waals surface area contributed by atoms with Gasteiger partial charge in [-0.3, -0.25) is 14.9 Å². The number of ether oxygens (including phenoxy) is 1. The van der Waals surface area contributed by atoms with Gasteiger partial charge < -0.3 is 15.2 Å². The molecule has 0 aliphatic heterocycles. The molecule has 0 radical (unpaired) electrons. The van der Waals surface area contributed by atoms with Crippen LogP contribution in [0.25, 0.3) is 0 Å². The van der Waals surface area contributed by atoms with Gasteiger partial charge >= 0.3 is 12.0 Å². The Labute approximate surface area is 128 Å². The number of rotatable bonds is 6. The second kappa shape index (κ2) is 8.66. The number of phenolic OH excluding ortho intramolecular Hbond substituents is 1. The Morgan fingerprint density at radius 3 is 2.45 bits per heavy atom. The smallest absolute Gasteiger partial charge is 0.321 e. The van der Waals surface area contributed by atoms with Crippen molar-refractivity contribution in [3.8, 4) is 5.75 Å². The van der Waals surface area contributed by atoms with Gasteiger partial charge in [-0.15, -0.1) is 0 Å². The van der Waals surface area contributed by atoms with Gasteiger partial charge in [0.05, 0.1) is 6.42 Å². The zero-order chi connectivity index (χ0) is 16.5. The third kappa shape index (κ3) is 6.74. The summed E-state index contributed by atoms with van der Waals surface area (Å²) in [6, 6.07) is 5.40. The Bertz CT molecular complexity index is 527. The van der Waals surface area contributed by atoms with Crippen molar-refractivity contribution >= 4 is 17.9 Å². The van der Waals surface area contributed by atoms with Crippen molar-refractivity contribution in [1.82, 2.24) is 10.6 Å². The molecule has 120 valence electrons. The van der Waals surface area contributed by atoms with E-state index in [9.17, 15) is 14.4 Å². The van der Waals surface area contributed by atoms with E-state index in [-0.39, 0.29) is 18.2 Å². The third-order valence-corrected chi connectivity index (χ3v) is 2.89. The highest BCUT2D eigenvalue weighted by Crippen LogP contribution is 2.10. The third-order valence-electron chi connectivity index (χ3n) is 2.89. The number of carbonyl (C=O) groups is 3. The maximum absolute atomic E-state index is 11.5. The molecule has 7 nitrogen and oxygen atoms in total. The predicted molar refractivity (Wildman–Crippen MR) is 79.2 cm³/mol. The van der Waals surface area contributed by atoms with E-state index in [4.69, 9.17) is 9.84 Å². The summed E-state index contributed by atoms with van der Waals surface area (Å²) in [7, 11) is 0. The van der Waals surface area contributed by atoms with E-state index in [0.717, 1.165) is 6.42 Å². The molecule has 0 aliphatic rings. The van der Waals surface area contributed by atoms with Crippen LogP contribution in [0.15, 0.2) is 24.3 Å². The first-order valence-corrected chi connectivity index (χ1v) is 6.94. The van der Waals surface area contributed by atoms with Gasteiger partial charge in [-0.05, 0) is 31.0 Å². The van der Waals surface area contributed by atoms with Crippen LogP contribution < -0.4 is 10.6 Å². The van der Waals surface area contributed by atoms with Gasteiger partial charge in [0.1, 0.15) is 5.75 Å². The number of nitrogens with one attached hydrogen (secondary N) is 2. The van der Waals surface area contributed by atoms with E-state index in [0.29, 0.717) is 5.56 Å². The average molecular weight is 308 g/mol. The van der Waals surface area contributed by atoms with Crippen molar-refractivity contribution in [2.24, 2.45) is 0 Å². The maximum atomic E-state index is 11.5. The Kier molecular flexibility index (Phi) is 6.88. The number of imide groups is 1. The molecule has 0 saturated carbocycles. The molecule has 0 aliphatic carbocycles. The molecule has 1 aromatic carbocycles. The van der Waals surface area contributed by atoms with E-state index in [1.807, 2.05) is 13.8 Å². The normalized spacial score (nSPS) is 11.4. The summed E-state index contributed by atoms with van der Waals surface area (Å²) in [5.74, 6) is -1.19. The number of aromatic hydroxyl groups is 1. The highest BCUT2D eigenvalue weighted by Gasteiger charge is 2.12. The lowest BCUT2D eigenvalue weighted by Gasteiger charge is -2.11. The zero-order valence-corrected chi connectivity index (χ0v) is 12.6. The number of esters is 1. The molecular weight excluding hydrogens is 288 g/mol. The molecular formula is C15H20N2O5. The van der Waals surface area contributed by atoms with Crippen molar-refractivity contribution in [1.29, 1.82) is 0 Å². The first kappa shape index (κ1) is 17.5. The molecule has 7 heteroatoms. The summed E-state index contributed by atoms with van der Waals surface area (Å²) < 4.78 is 4.78. The largest absolute Gasteiger partial charge is 0.508 e. The summed E-state index contributed by atoms with van der Waals surface area (Å²) in [5, 5.41) is 13.8. The number of phenols is 1. The number of carbonyl (C=O) groups excluding carboxylic acids is 3. The molecule has 1 aromatic rings. The van der Waals surface area contributed by atoms with E-state index in [2.05, 4.69) is 10.6 Å². The first-order chi connectivity index (χ1) is 10.4. The summed E-state index contributed by atoms with van der Waals surface area (Å²) in [6.45, 7) is 3.18. The fraction of sp³-hybridized carbons (Fsp3) is 0.400. The molecule has 3 N–H and O–H groups in total. The van der Waals surface area contributed by atoms with Gasteiger partial charge in [0, 0.05) is 6.04 Å². The lowest BCUT2D eigenvalue weighted by atomic mass is 10.1. The second-order valence-corrected chi connectivity index (χ2v) is 4.83. The number of amides is 3. The van der Waals surface area contributed by atoms with Crippen molar-refractivity contribution in [3.05, 3.63) is 29.8 Å². The standard InChI is InChI=1S/C15H20N2O5/c1-3-10(2)16-15(21)17-13(19)9-22-14(20)8-11-4-6-12(18)7-5-11/h4-7,10,18H,3,8-9H2,1-2H3,(H2,16,17,19,21)/t10-/m0/s1. The van der Waals surface area contributed by atoms with Crippen molar-refractivity contribution in [2.45, 2.75) is 32.7 Å². The molecule has 0 bridgehead atoms. The lowest BCUT2D eigenvalue weighted by Crippen LogP contribution is -2.44. The highest BCUT2D eigenvalue weighted by atomic mass is 16.5. The Balaban J connectivity index is 2.30. The summed E-state index contributed by atoms with van der Waals surface area (Å²) in [4.78, 5) is 34.4. The minimum absolute atomic E-state index is 0.0212. The van der Waals surface area contributed by atoms with Crippen LogP contribution >= 0.6 is 0 Å². The van der Waals surface area contributed by atoms with Gasteiger partial charge in [-0.2, -0.15) is 0 Å². The summed E-state index contributed by atoms with van der Waals surface area (Å²) >= 11 is 0. The molecule has 0 saturated heterocycles. The van der Waals surface area contributed by atoms with Gasteiger partial charge in [0.25, 0.3) is 5.91 Å². The predicted octanol–water partition coefficient (Wildman–Crippen LogP) is 1.10. The SMILES string of the molecule is CC[C@H](C)NC(=O)NC(=O)COC(=O)Cc1ccc(O)cc1. The van der Waals surface area contributed by atoms with E-state index in [1.54, 1.807) is 12.1 Å². The lowest BCUT2D eigenvalue weighted by molar-refractivity contribution is -0.147. The van der Waals surface area contributed by atoms with Gasteiger partial charge in [0.2, 0.25) is 0 Å². The average Bonchev–Trinajstić information content (AvgIpc) is 2.47. The van der Waals surface area contributed by atoms with E-state index in [1.165, 1.54) is 12.1 Å². The molecule has 0 unspecified atom stereocenters. The Morgan fingerprint density at radius 1 is 1.23 bits per heavy atom. The van der Waals surface area contributed by atoms with Gasteiger partial charge in [-0.1, -0.05) is 19.1 Å². The summed E-state index contributed by atoms with van der Waals surface area (Å²) in [6.07, 6.45) is 0.718. The molecule has 1 atom stereocenters. The van der Waals surface area contributed by atoms with Crippen LogP contribution in [0.5, 0.6) is 5.75 Å². The fourth-order valence-corrected chi connectivity index (χ4v) is 1.50. The molecule has 0 aromatic heterocycles. The van der Waals surface area contributed by atoms with Crippen molar-refractivity contribution in [2.75, 3.05) is 6.61 Å². The van der Waals surface area contributed by atoms with Crippen molar-refractivity contribution in [3.63, 3.8) is 0 Å². The van der Waals surface area contributed by atoms with Crippen LogP contribution in [0, 0.1) is 0 Å². The molecule has 0 spiro atoms. The highest BCUT2D eigenvalue weighted by molar-refractivity contribution is 5.95. The minimum atomic E-state index is -0.695. The Hall–Kier alpha value is -2.57. The van der Waals surface area contributed by atoms with Crippen LogP contribution in [-0.4, -0.2) is 35.7 Å². The second-order valence-electron chi connectivity index (χ2n) is 4.83. The topological polar surface area (TPSA) is 105 Å². The maximum Gasteiger partial charge on any atom is 0.321 e.